The summed E-state index contributed by atoms with van der Waals surface area (Å²) in [5.41, 5.74) is -0.0602. The fraction of sp³-hybridized carbons (Fsp3) is 0. The number of carboxylic acid groups (broad SMARTS) is 2. The van der Waals surface area contributed by atoms with Gasteiger partial charge in [0, 0.05) is 12.4 Å². The molecule has 20 heavy (non-hydrogen) atoms. The minimum atomic E-state index is -1.24. The molecule has 0 aliphatic rings. The standard InChI is InChI=1S/2C6H5NO2.O.V/c2*8-6(9)5-3-1-2-4-7-5;;/h2*1-4H,(H,8,9);;/q;;;+2/p-2. The molecule has 0 amide bonds. The van der Waals surface area contributed by atoms with Crippen molar-refractivity contribution in [2.45, 2.75) is 0 Å². The Balaban J connectivity index is 0.000000321. The van der Waals surface area contributed by atoms with Crippen LogP contribution in [0.2, 0.25) is 0 Å². The number of carbonyl (C=O) groups excluding carboxylic acids is 2. The fourth-order valence-corrected chi connectivity index (χ4v) is 0.967. The maximum atomic E-state index is 10.0. The van der Waals surface area contributed by atoms with Gasteiger partial charge in [-0.2, -0.15) is 0 Å². The topological polar surface area (TPSA) is 123 Å². The number of hydrogen-bond acceptors (Lipinski definition) is 7. The normalized spacial score (nSPS) is 8.30. The molecule has 0 bridgehead atoms. The summed E-state index contributed by atoms with van der Waals surface area (Å²) < 4.78 is 8.19. The summed E-state index contributed by atoms with van der Waals surface area (Å²) in [6, 6.07) is 9.25. The van der Waals surface area contributed by atoms with Crippen molar-refractivity contribution in [3.8, 4) is 0 Å². The van der Waals surface area contributed by atoms with Gasteiger partial charge in [0.05, 0.1) is 23.3 Å². The van der Waals surface area contributed by atoms with Gasteiger partial charge in [-0.3, -0.25) is 9.97 Å². The van der Waals surface area contributed by atoms with Crippen LogP contribution in [-0.4, -0.2) is 21.9 Å². The van der Waals surface area contributed by atoms with Crippen LogP contribution in [0.3, 0.4) is 0 Å². The molecule has 0 fully saturated rings. The van der Waals surface area contributed by atoms with Gasteiger partial charge in [0.25, 0.3) is 0 Å². The molecule has 0 aromatic carbocycles. The Labute approximate surface area is 123 Å². The summed E-state index contributed by atoms with van der Waals surface area (Å²) >= 11 is 1.06. The summed E-state index contributed by atoms with van der Waals surface area (Å²) in [5.74, 6) is -2.48. The SMILES string of the molecule is O=C([O-])c1ccccn1.O=C([O-])c1ccccn1.[O]=[V+2]. The van der Waals surface area contributed by atoms with Gasteiger partial charge in [-0.25, -0.2) is 0 Å². The van der Waals surface area contributed by atoms with Gasteiger partial charge in [-0.1, -0.05) is 12.1 Å². The Kier molecular flexibility index (Phi) is 9.29. The summed E-state index contributed by atoms with van der Waals surface area (Å²) in [6.45, 7) is 0. The Hall–Kier alpha value is -2.38. The molecule has 0 aliphatic heterocycles. The van der Waals surface area contributed by atoms with Crippen LogP contribution in [-0.2, 0) is 21.0 Å². The van der Waals surface area contributed by atoms with E-state index in [-0.39, 0.29) is 11.4 Å². The van der Waals surface area contributed by atoms with Crippen molar-refractivity contribution in [2.24, 2.45) is 0 Å². The van der Waals surface area contributed by atoms with E-state index in [2.05, 4.69) is 9.97 Å². The second-order valence-electron chi connectivity index (χ2n) is 3.00. The average Bonchev–Trinajstić information content (AvgIpc) is 2.51. The zero-order chi connectivity index (χ0) is 15.4. The van der Waals surface area contributed by atoms with Crippen molar-refractivity contribution in [3.63, 3.8) is 0 Å². The number of nitrogens with zero attached hydrogens (tertiary/aromatic N) is 2. The first-order valence-electron chi connectivity index (χ1n) is 5.04. The van der Waals surface area contributed by atoms with Crippen LogP contribution in [0.5, 0.6) is 0 Å². The number of carbonyl (C=O) groups is 2. The molecule has 0 radical (unpaired) electrons. The van der Waals surface area contributed by atoms with Crippen LogP contribution in [0.4, 0.5) is 0 Å². The second-order valence-corrected chi connectivity index (χ2v) is 3.00. The minimum absolute atomic E-state index is 0.0301. The van der Waals surface area contributed by atoms with Crippen LogP contribution in [0.25, 0.3) is 0 Å². The Morgan fingerprint density at radius 2 is 1.15 bits per heavy atom. The summed E-state index contributed by atoms with van der Waals surface area (Å²) in [6.07, 6.45) is 2.82. The molecule has 0 saturated heterocycles. The van der Waals surface area contributed by atoms with E-state index >= 15 is 0 Å². The molecule has 2 rings (SSSR count). The molecule has 0 spiro atoms. The fourth-order valence-electron chi connectivity index (χ4n) is 0.967. The van der Waals surface area contributed by atoms with E-state index in [4.69, 9.17) is 3.67 Å². The molecular formula is C12H8N2O5V. The van der Waals surface area contributed by atoms with Crippen LogP contribution in [0, 0.1) is 0 Å². The van der Waals surface area contributed by atoms with Crippen molar-refractivity contribution in [1.29, 1.82) is 0 Å². The van der Waals surface area contributed by atoms with Gasteiger partial charge in [0.1, 0.15) is 0 Å². The molecule has 2 aromatic rings. The van der Waals surface area contributed by atoms with E-state index in [1.807, 2.05) is 0 Å². The molecule has 8 heteroatoms. The van der Waals surface area contributed by atoms with E-state index in [9.17, 15) is 19.8 Å². The zero-order valence-corrected chi connectivity index (χ0v) is 11.4. The maximum absolute atomic E-state index is 10.0. The van der Waals surface area contributed by atoms with Crippen LogP contribution >= 0.6 is 0 Å². The third-order valence-corrected chi connectivity index (χ3v) is 1.75. The number of aromatic nitrogens is 2. The summed E-state index contributed by atoms with van der Waals surface area (Å²) in [5, 5.41) is 20.1. The van der Waals surface area contributed by atoms with E-state index < -0.39 is 11.9 Å². The molecule has 0 aliphatic carbocycles. The summed E-state index contributed by atoms with van der Waals surface area (Å²) in [7, 11) is 0. The third-order valence-electron chi connectivity index (χ3n) is 1.75. The Morgan fingerprint density at radius 3 is 1.30 bits per heavy atom. The molecule has 0 unspecified atom stereocenters. The molecular weight excluding hydrogens is 303 g/mol. The molecule has 7 nitrogen and oxygen atoms in total. The first-order valence-corrected chi connectivity index (χ1v) is 5.61. The second kappa shape index (κ2) is 10.5. The van der Waals surface area contributed by atoms with Crippen molar-refractivity contribution in [2.75, 3.05) is 0 Å². The third kappa shape index (κ3) is 7.15. The van der Waals surface area contributed by atoms with Gasteiger partial charge < -0.3 is 19.8 Å². The van der Waals surface area contributed by atoms with Crippen molar-refractivity contribution >= 4 is 11.9 Å². The first-order chi connectivity index (χ1) is 9.61. The van der Waals surface area contributed by atoms with Crippen LogP contribution < -0.4 is 10.2 Å². The van der Waals surface area contributed by atoms with Gasteiger partial charge in [-0.05, 0) is 24.3 Å². The van der Waals surface area contributed by atoms with Gasteiger partial charge in [0.15, 0.2) is 0 Å². The van der Waals surface area contributed by atoms with E-state index in [0.29, 0.717) is 0 Å². The predicted molar refractivity (Wildman–Crippen MR) is 57.8 cm³/mol. The van der Waals surface area contributed by atoms with Crippen LogP contribution in [0.1, 0.15) is 21.0 Å². The van der Waals surface area contributed by atoms with E-state index in [0.717, 1.165) is 17.4 Å². The molecule has 2 aromatic heterocycles. The zero-order valence-electron chi connectivity index (χ0n) is 10.0. The Morgan fingerprint density at radius 1 is 0.800 bits per heavy atom. The van der Waals surface area contributed by atoms with Crippen molar-refractivity contribution in [3.05, 3.63) is 60.2 Å². The molecule has 0 atom stereocenters. The van der Waals surface area contributed by atoms with E-state index in [1.54, 1.807) is 24.3 Å². The quantitative estimate of drug-likeness (QED) is 0.680. The van der Waals surface area contributed by atoms with E-state index in [1.165, 1.54) is 24.5 Å². The number of rotatable bonds is 2. The number of pyridine rings is 2. The monoisotopic (exact) mass is 311 g/mol. The predicted octanol–water partition coefficient (Wildman–Crippen LogP) is -1.23. The Bertz CT molecular complexity index is 487. The molecule has 0 saturated carbocycles. The molecule has 101 valence electrons. The summed E-state index contributed by atoms with van der Waals surface area (Å²) in [4.78, 5) is 27.1. The first kappa shape index (κ1) is 17.6. The van der Waals surface area contributed by atoms with Gasteiger partial charge >= 0.3 is 21.0 Å². The van der Waals surface area contributed by atoms with Crippen molar-refractivity contribution < 1.29 is 40.8 Å². The van der Waals surface area contributed by atoms with Gasteiger partial charge in [-0.15, -0.1) is 0 Å². The number of carboxylic acids is 2. The molecule has 0 N–H and O–H groups in total. The molecule has 2 heterocycles. The number of aromatic carboxylic acids is 2. The van der Waals surface area contributed by atoms with Crippen LogP contribution in [0.15, 0.2) is 48.8 Å². The average molecular weight is 311 g/mol. The van der Waals surface area contributed by atoms with Crippen molar-refractivity contribution in [1.82, 2.24) is 9.97 Å². The number of hydrogen-bond donors (Lipinski definition) is 0. The van der Waals surface area contributed by atoms with Gasteiger partial charge in [0.2, 0.25) is 0 Å².